The molecule has 0 fully saturated rings. The first-order valence-corrected chi connectivity index (χ1v) is 8.45. The fraction of sp³-hybridized carbons (Fsp3) is 0.611. The van der Waals surface area contributed by atoms with E-state index in [1.54, 1.807) is 14.2 Å². The minimum atomic E-state index is 0. The summed E-state index contributed by atoms with van der Waals surface area (Å²) in [6, 6.07) is 8.33. The van der Waals surface area contributed by atoms with Crippen LogP contribution in [0.4, 0.5) is 0 Å². The number of hydrogen-bond donors (Lipinski definition) is 2. The predicted octanol–water partition coefficient (Wildman–Crippen LogP) is 2.56. The van der Waals surface area contributed by atoms with E-state index in [0.717, 1.165) is 32.1 Å². The molecule has 0 aliphatic heterocycles. The molecule has 0 unspecified atom stereocenters. The molecule has 0 heterocycles. The smallest absolute Gasteiger partial charge is 0.191 e. The van der Waals surface area contributed by atoms with Gasteiger partial charge in [0.15, 0.2) is 5.96 Å². The SMILES string of the molecule is CCNC(=NCc1ccc(COC)cc1)NCCCOCCOC.I. The fourth-order valence-electron chi connectivity index (χ4n) is 2.04. The van der Waals surface area contributed by atoms with Gasteiger partial charge >= 0.3 is 0 Å². The Bertz CT molecular complexity index is 455. The highest BCUT2D eigenvalue weighted by Gasteiger charge is 1.98. The molecule has 0 aliphatic carbocycles. The van der Waals surface area contributed by atoms with Crippen molar-refractivity contribution in [1.29, 1.82) is 0 Å². The second-order valence-corrected chi connectivity index (χ2v) is 5.33. The van der Waals surface area contributed by atoms with Gasteiger partial charge in [0.25, 0.3) is 0 Å². The normalized spacial score (nSPS) is 11.1. The number of hydrogen-bond acceptors (Lipinski definition) is 4. The van der Waals surface area contributed by atoms with Crippen molar-refractivity contribution < 1.29 is 14.2 Å². The Hall–Kier alpha value is -0.900. The molecule has 144 valence electrons. The first-order valence-electron chi connectivity index (χ1n) is 8.45. The monoisotopic (exact) mass is 465 g/mol. The molecule has 0 saturated carbocycles. The Morgan fingerprint density at radius 2 is 1.68 bits per heavy atom. The lowest BCUT2D eigenvalue weighted by atomic mass is 10.1. The van der Waals surface area contributed by atoms with E-state index in [2.05, 4.69) is 46.8 Å². The molecule has 0 amide bonds. The van der Waals surface area contributed by atoms with Crippen LogP contribution in [-0.2, 0) is 27.4 Å². The minimum Gasteiger partial charge on any atom is -0.382 e. The average Bonchev–Trinajstić information content (AvgIpc) is 2.60. The van der Waals surface area contributed by atoms with Gasteiger partial charge in [-0.3, -0.25) is 0 Å². The molecule has 0 atom stereocenters. The summed E-state index contributed by atoms with van der Waals surface area (Å²) in [7, 11) is 3.38. The minimum absolute atomic E-state index is 0. The van der Waals surface area contributed by atoms with Gasteiger partial charge in [-0.15, -0.1) is 24.0 Å². The van der Waals surface area contributed by atoms with Gasteiger partial charge in [-0.05, 0) is 24.5 Å². The van der Waals surface area contributed by atoms with Gasteiger partial charge in [0.05, 0.1) is 26.4 Å². The van der Waals surface area contributed by atoms with E-state index >= 15 is 0 Å². The Balaban J connectivity index is 0.00000576. The topological polar surface area (TPSA) is 64.1 Å². The summed E-state index contributed by atoms with van der Waals surface area (Å²) in [6.07, 6.45) is 0.930. The zero-order chi connectivity index (χ0) is 17.5. The zero-order valence-corrected chi connectivity index (χ0v) is 17.9. The van der Waals surface area contributed by atoms with Crippen LogP contribution in [0.2, 0.25) is 0 Å². The molecule has 6 nitrogen and oxygen atoms in total. The van der Waals surface area contributed by atoms with E-state index in [0.29, 0.717) is 26.4 Å². The van der Waals surface area contributed by atoms with Crippen LogP contribution >= 0.6 is 24.0 Å². The number of benzene rings is 1. The maximum absolute atomic E-state index is 5.44. The summed E-state index contributed by atoms with van der Waals surface area (Å²) in [6.45, 7) is 7.01. The van der Waals surface area contributed by atoms with Crippen molar-refractivity contribution in [2.24, 2.45) is 4.99 Å². The van der Waals surface area contributed by atoms with Crippen LogP contribution in [0.25, 0.3) is 0 Å². The first-order chi connectivity index (χ1) is 11.8. The Kier molecular flexibility index (Phi) is 16.0. The molecule has 0 aliphatic rings. The number of nitrogens with zero attached hydrogens (tertiary/aromatic N) is 1. The zero-order valence-electron chi connectivity index (χ0n) is 15.5. The van der Waals surface area contributed by atoms with Crippen LogP contribution in [0, 0.1) is 0 Å². The molecule has 0 bridgehead atoms. The third-order valence-electron chi connectivity index (χ3n) is 3.29. The molecular weight excluding hydrogens is 433 g/mol. The van der Waals surface area contributed by atoms with Crippen LogP contribution in [0.5, 0.6) is 0 Å². The lowest BCUT2D eigenvalue weighted by Gasteiger charge is -2.11. The van der Waals surface area contributed by atoms with Gasteiger partial charge in [0.2, 0.25) is 0 Å². The lowest BCUT2D eigenvalue weighted by molar-refractivity contribution is 0.0698. The molecule has 0 aromatic heterocycles. The summed E-state index contributed by atoms with van der Waals surface area (Å²) in [4.78, 5) is 4.61. The molecular formula is C18H32IN3O3. The summed E-state index contributed by atoms with van der Waals surface area (Å²) < 4.78 is 15.5. The highest BCUT2D eigenvalue weighted by atomic mass is 127. The largest absolute Gasteiger partial charge is 0.382 e. The van der Waals surface area contributed by atoms with Crippen molar-refractivity contribution in [3.8, 4) is 0 Å². The Morgan fingerprint density at radius 1 is 0.960 bits per heavy atom. The van der Waals surface area contributed by atoms with E-state index in [1.165, 1.54) is 11.1 Å². The predicted molar refractivity (Wildman–Crippen MR) is 113 cm³/mol. The Labute approximate surface area is 168 Å². The van der Waals surface area contributed by atoms with Crippen LogP contribution < -0.4 is 10.6 Å². The summed E-state index contributed by atoms with van der Waals surface area (Å²) in [5.41, 5.74) is 2.35. The highest BCUT2D eigenvalue weighted by Crippen LogP contribution is 2.06. The molecule has 0 saturated heterocycles. The van der Waals surface area contributed by atoms with Crippen molar-refractivity contribution in [3.63, 3.8) is 0 Å². The van der Waals surface area contributed by atoms with E-state index < -0.39 is 0 Å². The fourth-order valence-corrected chi connectivity index (χ4v) is 2.04. The first kappa shape index (κ1) is 24.1. The molecule has 7 heteroatoms. The number of ether oxygens (including phenoxy) is 3. The third kappa shape index (κ3) is 12.1. The number of rotatable bonds is 12. The van der Waals surface area contributed by atoms with Crippen LogP contribution in [-0.4, -0.2) is 53.1 Å². The third-order valence-corrected chi connectivity index (χ3v) is 3.29. The number of halogens is 1. The van der Waals surface area contributed by atoms with E-state index in [4.69, 9.17) is 14.2 Å². The quantitative estimate of drug-likeness (QED) is 0.215. The van der Waals surface area contributed by atoms with Gasteiger partial charge in [-0.1, -0.05) is 24.3 Å². The van der Waals surface area contributed by atoms with Crippen molar-refractivity contribution >= 4 is 29.9 Å². The number of aliphatic imine (C=N–C) groups is 1. The summed E-state index contributed by atoms with van der Waals surface area (Å²) in [5, 5.41) is 6.57. The van der Waals surface area contributed by atoms with Gasteiger partial charge in [0.1, 0.15) is 0 Å². The van der Waals surface area contributed by atoms with E-state index in [1.807, 2.05) is 0 Å². The van der Waals surface area contributed by atoms with E-state index in [-0.39, 0.29) is 24.0 Å². The number of guanidine groups is 1. The highest BCUT2D eigenvalue weighted by molar-refractivity contribution is 14.0. The standard InChI is InChI=1S/C18H31N3O3.HI/c1-4-19-18(20-10-5-11-24-13-12-22-2)21-14-16-6-8-17(9-7-16)15-23-3;/h6-9H,4-5,10-15H2,1-3H3,(H2,19,20,21);1H. The van der Waals surface area contributed by atoms with Gasteiger partial charge in [0, 0.05) is 33.9 Å². The number of methoxy groups -OCH3 is 2. The molecule has 1 rings (SSSR count). The van der Waals surface area contributed by atoms with Gasteiger partial charge in [-0.2, -0.15) is 0 Å². The van der Waals surface area contributed by atoms with Crippen molar-refractivity contribution in [1.82, 2.24) is 10.6 Å². The molecule has 25 heavy (non-hydrogen) atoms. The average molecular weight is 465 g/mol. The van der Waals surface area contributed by atoms with Crippen molar-refractivity contribution in [2.75, 3.05) is 47.1 Å². The van der Waals surface area contributed by atoms with Crippen LogP contribution in [0.1, 0.15) is 24.5 Å². The van der Waals surface area contributed by atoms with Crippen molar-refractivity contribution in [2.45, 2.75) is 26.5 Å². The molecule has 0 spiro atoms. The van der Waals surface area contributed by atoms with E-state index in [9.17, 15) is 0 Å². The second kappa shape index (κ2) is 16.6. The summed E-state index contributed by atoms with van der Waals surface area (Å²) in [5.74, 6) is 0.829. The second-order valence-electron chi connectivity index (χ2n) is 5.33. The molecule has 1 aromatic carbocycles. The Morgan fingerprint density at radius 3 is 2.32 bits per heavy atom. The number of nitrogens with one attached hydrogen (secondary N) is 2. The van der Waals surface area contributed by atoms with Crippen molar-refractivity contribution in [3.05, 3.63) is 35.4 Å². The lowest BCUT2D eigenvalue weighted by Crippen LogP contribution is -2.38. The van der Waals surface area contributed by atoms with Gasteiger partial charge < -0.3 is 24.8 Å². The maximum atomic E-state index is 5.44. The van der Waals surface area contributed by atoms with Crippen LogP contribution in [0.3, 0.4) is 0 Å². The molecule has 2 N–H and O–H groups in total. The molecule has 1 aromatic rings. The van der Waals surface area contributed by atoms with Gasteiger partial charge in [-0.25, -0.2) is 4.99 Å². The summed E-state index contributed by atoms with van der Waals surface area (Å²) >= 11 is 0. The maximum Gasteiger partial charge on any atom is 0.191 e. The van der Waals surface area contributed by atoms with Crippen LogP contribution in [0.15, 0.2) is 29.3 Å². The molecule has 0 radical (unpaired) electrons.